The zero-order valence-corrected chi connectivity index (χ0v) is 12.2. The first kappa shape index (κ1) is 14.8. The lowest BCUT2D eigenvalue weighted by atomic mass is 10.2. The molecule has 0 aliphatic rings. The molecule has 1 heterocycles. The topological polar surface area (TPSA) is 25.2 Å². The van der Waals surface area contributed by atoms with Crippen LogP contribution < -0.4 is 0 Å². The highest BCUT2D eigenvalue weighted by Gasteiger charge is 2.18. The second-order valence-corrected chi connectivity index (χ2v) is 4.93. The largest absolute Gasteiger partial charge is 0.354 e. The molecule has 0 aliphatic heterocycles. The Morgan fingerprint density at radius 3 is 2.17 bits per heavy atom. The molecule has 102 valence electrons. The van der Waals surface area contributed by atoms with Crippen molar-refractivity contribution in [2.45, 2.75) is 46.5 Å². The standard InChI is InChI=1S/C15H26N2O/c1-5-7-10-17(11-8-6-2)15(18)14-9-12-16(4)13(14)3/h9,12H,5-8,10-11H2,1-4H3. The first-order valence-electron chi connectivity index (χ1n) is 7.03. The van der Waals surface area contributed by atoms with Crippen LogP contribution >= 0.6 is 0 Å². The molecule has 0 aromatic carbocycles. The van der Waals surface area contributed by atoms with Gasteiger partial charge in [-0.2, -0.15) is 0 Å². The van der Waals surface area contributed by atoms with Gasteiger partial charge in [0, 0.05) is 32.0 Å². The third-order valence-corrected chi connectivity index (χ3v) is 3.46. The van der Waals surface area contributed by atoms with Crippen molar-refractivity contribution < 1.29 is 4.79 Å². The molecule has 3 heteroatoms. The molecule has 0 saturated heterocycles. The van der Waals surface area contributed by atoms with Crippen LogP contribution in [0.25, 0.3) is 0 Å². The Labute approximate surface area is 111 Å². The first-order chi connectivity index (χ1) is 8.61. The molecule has 0 unspecified atom stereocenters. The van der Waals surface area contributed by atoms with Gasteiger partial charge in [0.05, 0.1) is 5.56 Å². The lowest BCUT2D eigenvalue weighted by Gasteiger charge is -2.22. The minimum atomic E-state index is 0.190. The van der Waals surface area contributed by atoms with Crippen LogP contribution in [0.1, 0.15) is 55.6 Å². The first-order valence-corrected chi connectivity index (χ1v) is 7.03. The van der Waals surface area contributed by atoms with Gasteiger partial charge in [-0.05, 0) is 25.8 Å². The van der Waals surface area contributed by atoms with Crippen molar-refractivity contribution in [2.24, 2.45) is 7.05 Å². The highest BCUT2D eigenvalue weighted by Crippen LogP contribution is 2.13. The Morgan fingerprint density at radius 1 is 1.22 bits per heavy atom. The SMILES string of the molecule is CCCCN(CCCC)C(=O)c1ccn(C)c1C. The Balaban J connectivity index is 2.77. The van der Waals surface area contributed by atoms with E-state index in [4.69, 9.17) is 0 Å². The maximum Gasteiger partial charge on any atom is 0.255 e. The van der Waals surface area contributed by atoms with E-state index in [1.165, 1.54) is 0 Å². The highest BCUT2D eigenvalue weighted by atomic mass is 16.2. The maximum absolute atomic E-state index is 12.5. The summed E-state index contributed by atoms with van der Waals surface area (Å²) < 4.78 is 2.01. The van der Waals surface area contributed by atoms with E-state index in [1.807, 2.05) is 35.7 Å². The third kappa shape index (κ3) is 3.62. The lowest BCUT2D eigenvalue weighted by molar-refractivity contribution is 0.0750. The van der Waals surface area contributed by atoms with Crippen LogP contribution in [0.2, 0.25) is 0 Å². The van der Waals surface area contributed by atoms with Gasteiger partial charge in [-0.3, -0.25) is 4.79 Å². The Kier molecular flexibility index (Phi) is 5.96. The van der Waals surface area contributed by atoms with Crippen molar-refractivity contribution >= 4 is 5.91 Å². The quantitative estimate of drug-likeness (QED) is 0.728. The number of unbranched alkanes of at least 4 members (excludes halogenated alkanes) is 2. The normalized spacial score (nSPS) is 10.7. The molecule has 0 spiro atoms. The van der Waals surface area contributed by atoms with Crippen molar-refractivity contribution in [1.29, 1.82) is 0 Å². The van der Waals surface area contributed by atoms with Crippen LogP contribution in [0.3, 0.4) is 0 Å². The zero-order valence-electron chi connectivity index (χ0n) is 12.2. The number of hydrogen-bond donors (Lipinski definition) is 0. The van der Waals surface area contributed by atoms with Crippen molar-refractivity contribution in [3.63, 3.8) is 0 Å². The molecule has 1 aromatic rings. The fourth-order valence-electron chi connectivity index (χ4n) is 2.02. The molecule has 0 bridgehead atoms. The van der Waals surface area contributed by atoms with Gasteiger partial charge in [-0.1, -0.05) is 26.7 Å². The third-order valence-electron chi connectivity index (χ3n) is 3.46. The number of aromatic nitrogens is 1. The smallest absolute Gasteiger partial charge is 0.255 e. The predicted molar refractivity (Wildman–Crippen MR) is 75.9 cm³/mol. The van der Waals surface area contributed by atoms with E-state index in [9.17, 15) is 4.79 Å². The molecule has 0 N–H and O–H groups in total. The fraction of sp³-hybridized carbons (Fsp3) is 0.667. The summed E-state index contributed by atoms with van der Waals surface area (Å²) in [5.41, 5.74) is 1.91. The number of carbonyl (C=O) groups excluding carboxylic acids is 1. The molecule has 0 radical (unpaired) electrons. The minimum absolute atomic E-state index is 0.190. The molecule has 18 heavy (non-hydrogen) atoms. The van der Waals surface area contributed by atoms with Crippen LogP contribution in [0, 0.1) is 6.92 Å². The second kappa shape index (κ2) is 7.24. The monoisotopic (exact) mass is 250 g/mol. The van der Waals surface area contributed by atoms with Crippen molar-refractivity contribution in [2.75, 3.05) is 13.1 Å². The molecule has 1 aromatic heterocycles. The highest BCUT2D eigenvalue weighted by molar-refractivity contribution is 5.95. The molecule has 0 aliphatic carbocycles. The molecule has 0 saturated carbocycles. The Morgan fingerprint density at radius 2 is 1.78 bits per heavy atom. The zero-order chi connectivity index (χ0) is 13.5. The summed E-state index contributed by atoms with van der Waals surface area (Å²) in [6.07, 6.45) is 6.39. The molecule has 1 rings (SSSR count). The lowest BCUT2D eigenvalue weighted by Crippen LogP contribution is -2.33. The van der Waals surface area contributed by atoms with Crippen LogP contribution in [-0.2, 0) is 7.05 Å². The summed E-state index contributed by atoms with van der Waals surface area (Å²) in [5, 5.41) is 0. The number of carbonyl (C=O) groups is 1. The Hall–Kier alpha value is -1.25. The molecule has 1 amide bonds. The average Bonchev–Trinajstić information content (AvgIpc) is 2.69. The maximum atomic E-state index is 12.5. The van der Waals surface area contributed by atoms with E-state index >= 15 is 0 Å². The van der Waals surface area contributed by atoms with E-state index in [-0.39, 0.29) is 5.91 Å². The van der Waals surface area contributed by atoms with Gasteiger partial charge in [-0.15, -0.1) is 0 Å². The van der Waals surface area contributed by atoms with Gasteiger partial charge in [0.25, 0.3) is 5.91 Å². The van der Waals surface area contributed by atoms with E-state index < -0.39 is 0 Å². The van der Waals surface area contributed by atoms with E-state index in [0.29, 0.717) is 0 Å². The van der Waals surface area contributed by atoms with Gasteiger partial charge in [-0.25, -0.2) is 0 Å². The second-order valence-electron chi connectivity index (χ2n) is 4.93. The van der Waals surface area contributed by atoms with Crippen LogP contribution in [-0.4, -0.2) is 28.5 Å². The summed E-state index contributed by atoms with van der Waals surface area (Å²) in [6, 6.07) is 1.93. The number of amides is 1. The van der Waals surface area contributed by atoms with Gasteiger partial charge < -0.3 is 9.47 Å². The number of nitrogens with zero attached hydrogens (tertiary/aromatic N) is 2. The predicted octanol–water partition coefficient (Wildman–Crippen LogP) is 3.38. The number of hydrogen-bond acceptors (Lipinski definition) is 1. The van der Waals surface area contributed by atoms with E-state index in [2.05, 4.69) is 13.8 Å². The van der Waals surface area contributed by atoms with Gasteiger partial charge in [0.2, 0.25) is 0 Å². The molecule has 0 fully saturated rings. The van der Waals surface area contributed by atoms with E-state index in [1.54, 1.807) is 0 Å². The van der Waals surface area contributed by atoms with E-state index in [0.717, 1.165) is 50.0 Å². The van der Waals surface area contributed by atoms with Crippen molar-refractivity contribution in [3.8, 4) is 0 Å². The summed E-state index contributed by atoms with van der Waals surface area (Å²) in [5.74, 6) is 0.190. The molecular weight excluding hydrogens is 224 g/mol. The molecular formula is C15H26N2O. The van der Waals surface area contributed by atoms with Gasteiger partial charge in [0.15, 0.2) is 0 Å². The van der Waals surface area contributed by atoms with Gasteiger partial charge in [0.1, 0.15) is 0 Å². The fourth-order valence-corrected chi connectivity index (χ4v) is 2.02. The molecule has 3 nitrogen and oxygen atoms in total. The summed E-state index contributed by atoms with van der Waals surface area (Å²) >= 11 is 0. The number of aryl methyl sites for hydroxylation is 1. The Bertz CT molecular complexity index is 374. The van der Waals surface area contributed by atoms with Crippen LogP contribution in [0.5, 0.6) is 0 Å². The van der Waals surface area contributed by atoms with Crippen molar-refractivity contribution in [1.82, 2.24) is 9.47 Å². The average molecular weight is 250 g/mol. The summed E-state index contributed by atoms with van der Waals surface area (Å²) in [7, 11) is 1.98. The molecule has 0 atom stereocenters. The van der Waals surface area contributed by atoms with Crippen molar-refractivity contribution in [3.05, 3.63) is 23.5 Å². The number of rotatable bonds is 7. The van der Waals surface area contributed by atoms with Gasteiger partial charge >= 0.3 is 0 Å². The van der Waals surface area contributed by atoms with Crippen LogP contribution in [0.15, 0.2) is 12.3 Å². The van der Waals surface area contributed by atoms with Crippen LogP contribution in [0.4, 0.5) is 0 Å². The summed E-state index contributed by atoms with van der Waals surface area (Å²) in [6.45, 7) is 8.09. The summed E-state index contributed by atoms with van der Waals surface area (Å²) in [4.78, 5) is 14.5. The minimum Gasteiger partial charge on any atom is -0.354 e.